The minimum absolute atomic E-state index is 0.432. The van der Waals surface area contributed by atoms with Gasteiger partial charge in [-0.2, -0.15) is 4.98 Å². The summed E-state index contributed by atoms with van der Waals surface area (Å²) in [6, 6.07) is 6.27. The SMILES string of the molecule is CCCCCCOc1cc(C)ccc1CN=C(NCC)NCc1nc(C)no1. The Morgan fingerprint density at radius 2 is 2.00 bits per heavy atom. The van der Waals surface area contributed by atoms with Crippen LogP contribution in [0.5, 0.6) is 5.75 Å². The minimum atomic E-state index is 0.432. The average molecular weight is 388 g/mol. The number of aryl methyl sites for hydroxylation is 2. The van der Waals surface area contributed by atoms with Crippen molar-refractivity contribution in [2.45, 2.75) is 66.5 Å². The molecule has 1 heterocycles. The fourth-order valence-electron chi connectivity index (χ4n) is 2.71. The summed E-state index contributed by atoms with van der Waals surface area (Å²) in [7, 11) is 0. The molecule has 0 aliphatic heterocycles. The summed E-state index contributed by atoms with van der Waals surface area (Å²) >= 11 is 0. The lowest BCUT2D eigenvalue weighted by atomic mass is 10.1. The predicted molar refractivity (Wildman–Crippen MR) is 112 cm³/mol. The lowest BCUT2D eigenvalue weighted by Crippen LogP contribution is -2.36. The number of guanidine groups is 1. The van der Waals surface area contributed by atoms with Gasteiger partial charge in [-0.15, -0.1) is 0 Å². The van der Waals surface area contributed by atoms with Crippen LogP contribution in [-0.4, -0.2) is 29.3 Å². The fraction of sp³-hybridized carbons (Fsp3) is 0.571. The van der Waals surface area contributed by atoms with Crippen molar-refractivity contribution in [3.8, 4) is 5.75 Å². The Labute approximate surface area is 168 Å². The maximum absolute atomic E-state index is 6.05. The number of nitrogens with one attached hydrogen (secondary N) is 2. The molecule has 2 N–H and O–H groups in total. The molecule has 0 atom stereocenters. The Kier molecular flexibility index (Phi) is 9.31. The third kappa shape index (κ3) is 7.58. The molecule has 1 aromatic heterocycles. The molecular formula is C21H33N5O2. The van der Waals surface area contributed by atoms with Crippen LogP contribution in [0, 0.1) is 13.8 Å². The Balaban J connectivity index is 1.97. The molecule has 2 aromatic rings. The zero-order valence-corrected chi connectivity index (χ0v) is 17.5. The van der Waals surface area contributed by atoms with E-state index in [2.05, 4.69) is 57.8 Å². The van der Waals surface area contributed by atoms with E-state index < -0.39 is 0 Å². The van der Waals surface area contributed by atoms with Crippen LogP contribution in [0.2, 0.25) is 0 Å². The minimum Gasteiger partial charge on any atom is -0.493 e. The van der Waals surface area contributed by atoms with Crippen LogP contribution in [0.15, 0.2) is 27.7 Å². The Hall–Kier alpha value is -2.57. The standard InChI is InChI=1S/C21H33N5O2/c1-5-7-8-9-12-27-19-13-16(3)10-11-18(19)14-23-21(22-6-2)24-15-20-25-17(4)26-28-20/h10-11,13H,5-9,12,14-15H2,1-4H3,(H2,22,23,24). The van der Waals surface area contributed by atoms with Gasteiger partial charge < -0.3 is 19.9 Å². The summed E-state index contributed by atoms with van der Waals surface area (Å²) < 4.78 is 11.2. The fourth-order valence-corrected chi connectivity index (χ4v) is 2.71. The molecule has 0 saturated carbocycles. The van der Waals surface area contributed by atoms with Gasteiger partial charge in [-0.05, 0) is 38.8 Å². The topological polar surface area (TPSA) is 84.6 Å². The highest BCUT2D eigenvalue weighted by Crippen LogP contribution is 2.22. The number of benzene rings is 1. The monoisotopic (exact) mass is 387 g/mol. The molecule has 0 fully saturated rings. The van der Waals surface area contributed by atoms with Crippen molar-refractivity contribution in [3.63, 3.8) is 0 Å². The van der Waals surface area contributed by atoms with Crippen molar-refractivity contribution in [1.29, 1.82) is 0 Å². The van der Waals surface area contributed by atoms with Crippen molar-refractivity contribution < 1.29 is 9.26 Å². The number of hydrogen-bond acceptors (Lipinski definition) is 5. The van der Waals surface area contributed by atoms with Gasteiger partial charge in [-0.25, -0.2) is 4.99 Å². The molecule has 28 heavy (non-hydrogen) atoms. The molecule has 0 aliphatic rings. The molecule has 0 saturated heterocycles. The number of rotatable bonds is 11. The van der Waals surface area contributed by atoms with Crippen LogP contribution in [-0.2, 0) is 13.1 Å². The third-order valence-electron chi connectivity index (χ3n) is 4.21. The molecular weight excluding hydrogens is 354 g/mol. The summed E-state index contributed by atoms with van der Waals surface area (Å²) in [5, 5.41) is 10.3. The number of unbranched alkanes of at least 4 members (excludes halogenated alkanes) is 3. The van der Waals surface area contributed by atoms with Crippen molar-refractivity contribution in [2.24, 2.45) is 4.99 Å². The average Bonchev–Trinajstić information content (AvgIpc) is 3.10. The Morgan fingerprint density at radius 3 is 2.71 bits per heavy atom. The summed E-state index contributed by atoms with van der Waals surface area (Å²) in [4.78, 5) is 8.87. The second-order valence-electron chi connectivity index (χ2n) is 6.80. The lowest BCUT2D eigenvalue weighted by Gasteiger charge is -2.13. The van der Waals surface area contributed by atoms with Crippen LogP contribution in [0.25, 0.3) is 0 Å². The van der Waals surface area contributed by atoms with E-state index >= 15 is 0 Å². The van der Waals surface area contributed by atoms with Gasteiger partial charge in [0.05, 0.1) is 19.7 Å². The number of hydrogen-bond donors (Lipinski definition) is 2. The second kappa shape index (κ2) is 12.0. The molecule has 1 aromatic carbocycles. The van der Waals surface area contributed by atoms with E-state index in [0.29, 0.717) is 30.8 Å². The van der Waals surface area contributed by atoms with Gasteiger partial charge in [0, 0.05) is 12.1 Å². The first-order valence-corrected chi connectivity index (χ1v) is 10.2. The van der Waals surface area contributed by atoms with Crippen molar-refractivity contribution >= 4 is 5.96 Å². The van der Waals surface area contributed by atoms with Crippen molar-refractivity contribution in [1.82, 2.24) is 20.8 Å². The van der Waals surface area contributed by atoms with Gasteiger partial charge in [-0.3, -0.25) is 0 Å². The highest BCUT2D eigenvalue weighted by atomic mass is 16.5. The highest BCUT2D eigenvalue weighted by Gasteiger charge is 2.07. The van der Waals surface area contributed by atoms with Crippen molar-refractivity contribution in [2.75, 3.05) is 13.2 Å². The summed E-state index contributed by atoms with van der Waals surface area (Å²) in [5.74, 6) is 2.78. The molecule has 2 rings (SSSR count). The van der Waals surface area contributed by atoms with E-state index in [-0.39, 0.29) is 0 Å². The maximum atomic E-state index is 6.05. The number of aliphatic imine (C=N–C) groups is 1. The van der Waals surface area contributed by atoms with Crippen LogP contribution in [0.4, 0.5) is 0 Å². The number of ether oxygens (including phenoxy) is 1. The summed E-state index contributed by atoms with van der Waals surface area (Å²) in [5.41, 5.74) is 2.26. The number of nitrogens with zero attached hydrogens (tertiary/aromatic N) is 3. The van der Waals surface area contributed by atoms with Crippen LogP contribution >= 0.6 is 0 Å². The van der Waals surface area contributed by atoms with Crippen LogP contribution < -0.4 is 15.4 Å². The number of aromatic nitrogens is 2. The Morgan fingerprint density at radius 1 is 1.14 bits per heavy atom. The lowest BCUT2D eigenvalue weighted by molar-refractivity contribution is 0.302. The predicted octanol–water partition coefficient (Wildman–Crippen LogP) is 3.90. The zero-order chi connectivity index (χ0) is 20.2. The van der Waals surface area contributed by atoms with E-state index in [0.717, 1.165) is 30.9 Å². The van der Waals surface area contributed by atoms with E-state index in [9.17, 15) is 0 Å². The molecule has 0 spiro atoms. The molecule has 0 radical (unpaired) electrons. The molecule has 154 valence electrons. The van der Waals surface area contributed by atoms with Gasteiger partial charge in [0.25, 0.3) is 0 Å². The van der Waals surface area contributed by atoms with Gasteiger partial charge in [0.15, 0.2) is 11.8 Å². The first kappa shape index (κ1) is 21.7. The maximum Gasteiger partial charge on any atom is 0.246 e. The smallest absolute Gasteiger partial charge is 0.246 e. The van der Waals surface area contributed by atoms with Gasteiger partial charge in [0.1, 0.15) is 5.75 Å². The highest BCUT2D eigenvalue weighted by molar-refractivity contribution is 5.79. The normalized spacial score (nSPS) is 11.5. The first-order chi connectivity index (χ1) is 13.6. The summed E-state index contributed by atoms with van der Waals surface area (Å²) in [6.07, 6.45) is 4.77. The molecule has 0 bridgehead atoms. The molecule has 0 unspecified atom stereocenters. The molecule has 7 heteroatoms. The van der Waals surface area contributed by atoms with Crippen molar-refractivity contribution in [3.05, 3.63) is 41.0 Å². The summed E-state index contributed by atoms with van der Waals surface area (Å²) in [6.45, 7) is 10.6. The molecule has 0 aliphatic carbocycles. The van der Waals surface area contributed by atoms with E-state index in [1.54, 1.807) is 6.92 Å². The van der Waals surface area contributed by atoms with E-state index in [1.807, 2.05) is 6.92 Å². The third-order valence-corrected chi connectivity index (χ3v) is 4.21. The van der Waals surface area contributed by atoms with E-state index in [4.69, 9.17) is 9.26 Å². The van der Waals surface area contributed by atoms with E-state index in [1.165, 1.54) is 24.8 Å². The van der Waals surface area contributed by atoms with Gasteiger partial charge in [0.2, 0.25) is 5.89 Å². The van der Waals surface area contributed by atoms with Gasteiger partial charge in [-0.1, -0.05) is 43.5 Å². The second-order valence-corrected chi connectivity index (χ2v) is 6.80. The zero-order valence-electron chi connectivity index (χ0n) is 17.5. The Bertz CT molecular complexity index is 742. The molecule has 7 nitrogen and oxygen atoms in total. The quantitative estimate of drug-likeness (QED) is 0.346. The van der Waals surface area contributed by atoms with Crippen LogP contribution in [0.1, 0.15) is 62.4 Å². The van der Waals surface area contributed by atoms with Gasteiger partial charge >= 0.3 is 0 Å². The van der Waals surface area contributed by atoms with Crippen LogP contribution in [0.3, 0.4) is 0 Å². The molecule has 0 amide bonds. The largest absolute Gasteiger partial charge is 0.493 e. The first-order valence-electron chi connectivity index (χ1n) is 10.2.